The fourth-order valence-corrected chi connectivity index (χ4v) is 6.68. The van der Waals surface area contributed by atoms with Crippen LogP contribution in [0.3, 0.4) is 0 Å². The molecule has 1 unspecified atom stereocenters. The molecule has 0 saturated carbocycles. The lowest BCUT2D eigenvalue weighted by Crippen LogP contribution is -2.44. The Labute approximate surface area is 290 Å². The summed E-state index contributed by atoms with van der Waals surface area (Å²) in [7, 11) is 0. The SMILES string of the molecule is O=C(OCC1COC2(CCN(c3cc(F)c(-c4ccc(OCc5ccccc5)nc4OCc4ccccc4)c(F)c3)CC2)C1)c1ccccc1. The van der Waals surface area contributed by atoms with E-state index in [4.69, 9.17) is 18.9 Å². The van der Waals surface area contributed by atoms with Crippen LogP contribution in [0.4, 0.5) is 14.5 Å². The minimum Gasteiger partial charge on any atom is -0.473 e. The minimum atomic E-state index is -0.706. The summed E-state index contributed by atoms with van der Waals surface area (Å²) in [5.41, 5.74) is 2.50. The standard InChI is InChI=1S/C41H38F2N2O5/c42-35-22-33(45-20-18-41(19-21-45)24-31(28-50-41)27-49-40(46)32-14-8-3-9-15-32)23-36(43)38(35)34-16-17-37(47-25-29-10-4-1-5-11-29)44-39(34)48-26-30-12-6-2-7-13-30/h1-17,22-23,31H,18-21,24-28H2. The van der Waals surface area contributed by atoms with Gasteiger partial charge in [0.05, 0.1) is 35.5 Å². The second kappa shape index (κ2) is 15.1. The van der Waals surface area contributed by atoms with Crippen LogP contribution < -0.4 is 14.4 Å². The Morgan fingerprint density at radius 1 is 0.800 bits per heavy atom. The van der Waals surface area contributed by atoms with E-state index < -0.39 is 11.6 Å². The van der Waals surface area contributed by atoms with Gasteiger partial charge in [-0.2, -0.15) is 4.98 Å². The van der Waals surface area contributed by atoms with Crippen LogP contribution in [0.25, 0.3) is 11.1 Å². The van der Waals surface area contributed by atoms with Gasteiger partial charge >= 0.3 is 5.97 Å². The summed E-state index contributed by atoms with van der Waals surface area (Å²) >= 11 is 0. The largest absolute Gasteiger partial charge is 0.473 e. The number of anilines is 1. The number of hydrogen-bond acceptors (Lipinski definition) is 7. The van der Waals surface area contributed by atoms with Gasteiger partial charge in [0.1, 0.15) is 24.8 Å². The summed E-state index contributed by atoms with van der Waals surface area (Å²) in [4.78, 5) is 18.9. The van der Waals surface area contributed by atoms with Crippen LogP contribution in [0.15, 0.2) is 115 Å². The van der Waals surface area contributed by atoms with Crippen molar-refractivity contribution >= 4 is 11.7 Å². The van der Waals surface area contributed by atoms with E-state index in [-0.39, 0.29) is 53.6 Å². The lowest BCUT2D eigenvalue weighted by Gasteiger charge is -2.40. The molecule has 0 N–H and O–H groups in total. The maximum atomic E-state index is 15.9. The molecule has 1 aromatic heterocycles. The number of esters is 1. The van der Waals surface area contributed by atoms with E-state index >= 15 is 8.78 Å². The van der Waals surface area contributed by atoms with Crippen LogP contribution in [0.2, 0.25) is 0 Å². The van der Waals surface area contributed by atoms with Crippen molar-refractivity contribution in [3.8, 4) is 22.9 Å². The number of pyridine rings is 1. The number of benzene rings is 4. The molecule has 0 aliphatic carbocycles. The fourth-order valence-electron chi connectivity index (χ4n) is 6.68. The van der Waals surface area contributed by atoms with Gasteiger partial charge in [-0.3, -0.25) is 0 Å². The third kappa shape index (κ3) is 7.79. The zero-order chi connectivity index (χ0) is 34.3. The molecule has 4 aromatic carbocycles. The molecule has 7 rings (SSSR count). The molecular formula is C41H38F2N2O5. The Hall–Kier alpha value is -5.28. The predicted molar refractivity (Wildman–Crippen MR) is 186 cm³/mol. The number of carbonyl (C=O) groups is 1. The third-order valence-corrected chi connectivity index (χ3v) is 9.36. The molecular weight excluding hydrogens is 638 g/mol. The molecule has 1 atom stereocenters. The van der Waals surface area contributed by atoms with Crippen LogP contribution in [0.5, 0.6) is 11.8 Å². The van der Waals surface area contributed by atoms with Crippen LogP contribution in [0.1, 0.15) is 40.7 Å². The highest BCUT2D eigenvalue weighted by Gasteiger charge is 2.43. The maximum absolute atomic E-state index is 15.9. The zero-order valence-corrected chi connectivity index (χ0v) is 27.6. The van der Waals surface area contributed by atoms with Crippen molar-refractivity contribution in [1.29, 1.82) is 0 Å². The molecule has 2 aliphatic rings. The average Bonchev–Trinajstić information content (AvgIpc) is 3.55. The van der Waals surface area contributed by atoms with Crippen LogP contribution in [-0.2, 0) is 22.7 Å². The van der Waals surface area contributed by atoms with E-state index in [1.54, 1.807) is 36.4 Å². The summed E-state index contributed by atoms with van der Waals surface area (Å²) in [5, 5.41) is 0. The lowest BCUT2D eigenvalue weighted by molar-refractivity contribution is -0.0158. The van der Waals surface area contributed by atoms with Gasteiger partial charge in [-0.25, -0.2) is 13.6 Å². The lowest BCUT2D eigenvalue weighted by atomic mass is 9.85. The number of rotatable bonds is 11. The predicted octanol–water partition coefficient (Wildman–Crippen LogP) is 8.42. The van der Waals surface area contributed by atoms with Crippen LogP contribution in [-0.4, -0.2) is 42.9 Å². The van der Waals surface area contributed by atoms with Crippen molar-refractivity contribution in [2.75, 3.05) is 31.2 Å². The second-order valence-corrected chi connectivity index (χ2v) is 12.9. The normalized spacial score (nSPS) is 16.7. The molecule has 256 valence electrons. The topological polar surface area (TPSA) is 70.1 Å². The molecule has 7 nitrogen and oxygen atoms in total. The number of piperidine rings is 1. The quantitative estimate of drug-likeness (QED) is 0.130. The Morgan fingerprint density at radius 2 is 1.40 bits per heavy atom. The van der Waals surface area contributed by atoms with Gasteiger partial charge in [0.2, 0.25) is 11.8 Å². The molecule has 1 spiro atoms. The molecule has 2 fully saturated rings. The molecule has 3 heterocycles. The van der Waals surface area contributed by atoms with Gasteiger partial charge in [0.15, 0.2) is 0 Å². The first kappa shape index (κ1) is 33.2. The minimum absolute atomic E-state index is 0.0762. The second-order valence-electron chi connectivity index (χ2n) is 12.9. The van der Waals surface area contributed by atoms with Gasteiger partial charge in [-0.05, 0) is 60.7 Å². The van der Waals surface area contributed by atoms with Gasteiger partial charge < -0.3 is 23.8 Å². The van der Waals surface area contributed by atoms with Crippen molar-refractivity contribution in [2.45, 2.75) is 38.1 Å². The zero-order valence-electron chi connectivity index (χ0n) is 27.6. The number of aromatic nitrogens is 1. The Balaban J connectivity index is 1.03. The first-order valence-electron chi connectivity index (χ1n) is 16.9. The first-order valence-corrected chi connectivity index (χ1v) is 16.9. The van der Waals surface area contributed by atoms with E-state index in [1.807, 2.05) is 71.6 Å². The fraction of sp³-hybridized carbons (Fsp3) is 0.268. The monoisotopic (exact) mass is 676 g/mol. The highest BCUT2D eigenvalue weighted by molar-refractivity contribution is 5.89. The number of ether oxygens (including phenoxy) is 4. The van der Waals surface area contributed by atoms with Crippen molar-refractivity contribution in [3.63, 3.8) is 0 Å². The number of nitrogens with zero attached hydrogens (tertiary/aromatic N) is 2. The smallest absolute Gasteiger partial charge is 0.338 e. The van der Waals surface area contributed by atoms with Crippen molar-refractivity contribution in [1.82, 2.24) is 4.98 Å². The number of carbonyl (C=O) groups excluding carboxylic acids is 1. The van der Waals surface area contributed by atoms with Crippen LogP contribution >= 0.6 is 0 Å². The van der Waals surface area contributed by atoms with E-state index in [0.29, 0.717) is 50.4 Å². The molecule has 50 heavy (non-hydrogen) atoms. The molecule has 9 heteroatoms. The van der Waals surface area contributed by atoms with Gasteiger partial charge in [0.25, 0.3) is 0 Å². The number of halogens is 2. The molecule has 0 amide bonds. The molecule has 5 aromatic rings. The summed E-state index contributed by atoms with van der Waals surface area (Å²) in [5.74, 6) is -1.29. The molecule has 2 aliphatic heterocycles. The first-order chi connectivity index (χ1) is 24.4. The summed E-state index contributed by atoms with van der Waals surface area (Å²) in [6.07, 6.45) is 2.17. The maximum Gasteiger partial charge on any atom is 0.338 e. The van der Waals surface area contributed by atoms with Gasteiger partial charge in [-0.15, -0.1) is 0 Å². The third-order valence-electron chi connectivity index (χ3n) is 9.36. The number of hydrogen-bond donors (Lipinski definition) is 0. The molecule has 0 bridgehead atoms. The molecule has 2 saturated heterocycles. The van der Waals surface area contributed by atoms with E-state index in [1.165, 1.54) is 12.1 Å². The highest BCUT2D eigenvalue weighted by Crippen LogP contribution is 2.41. The Kier molecular flexibility index (Phi) is 10.0. The summed E-state index contributed by atoms with van der Waals surface area (Å²) in [6, 6.07) is 34.0. The highest BCUT2D eigenvalue weighted by atomic mass is 19.1. The van der Waals surface area contributed by atoms with Gasteiger partial charge in [0, 0.05) is 30.8 Å². The van der Waals surface area contributed by atoms with Crippen LogP contribution in [0, 0.1) is 17.6 Å². The van der Waals surface area contributed by atoms with Crippen molar-refractivity contribution in [3.05, 3.63) is 144 Å². The van der Waals surface area contributed by atoms with Gasteiger partial charge in [-0.1, -0.05) is 78.9 Å². The van der Waals surface area contributed by atoms with Crippen molar-refractivity contribution < 1.29 is 32.5 Å². The Morgan fingerprint density at radius 3 is 2.04 bits per heavy atom. The van der Waals surface area contributed by atoms with Crippen molar-refractivity contribution in [2.24, 2.45) is 5.92 Å². The van der Waals surface area contributed by atoms with E-state index in [2.05, 4.69) is 4.98 Å². The summed E-state index contributed by atoms with van der Waals surface area (Å²) in [6.45, 7) is 2.41. The summed E-state index contributed by atoms with van der Waals surface area (Å²) < 4.78 is 55.7. The Bertz CT molecular complexity index is 1880. The average molecular weight is 677 g/mol. The van der Waals surface area contributed by atoms with E-state index in [9.17, 15) is 4.79 Å². The molecule has 0 radical (unpaired) electrons. The van der Waals surface area contributed by atoms with E-state index in [0.717, 1.165) is 17.5 Å².